The normalized spacial score (nSPS) is 25.5. The van der Waals surface area contributed by atoms with Crippen LogP contribution in [0.3, 0.4) is 0 Å². The van der Waals surface area contributed by atoms with E-state index in [1.807, 2.05) is 36.4 Å². The SMILES string of the molecule is C[C@H]1C(=Cc2ccccc2)C(=O)N(C)C(=O)[C@H]1C#N. The van der Waals surface area contributed by atoms with E-state index in [4.69, 9.17) is 5.26 Å². The van der Waals surface area contributed by atoms with Gasteiger partial charge in [0.1, 0.15) is 5.92 Å². The van der Waals surface area contributed by atoms with Crippen molar-refractivity contribution in [3.8, 4) is 6.07 Å². The maximum absolute atomic E-state index is 12.1. The Kier molecular flexibility index (Phi) is 3.48. The molecule has 1 heterocycles. The van der Waals surface area contributed by atoms with E-state index in [1.165, 1.54) is 7.05 Å². The number of piperidine rings is 1. The summed E-state index contributed by atoms with van der Waals surface area (Å²) in [6.07, 6.45) is 1.75. The lowest BCUT2D eigenvalue weighted by Gasteiger charge is -2.31. The molecule has 96 valence electrons. The van der Waals surface area contributed by atoms with Crippen molar-refractivity contribution in [2.75, 3.05) is 7.05 Å². The molecule has 0 radical (unpaired) electrons. The summed E-state index contributed by atoms with van der Waals surface area (Å²) < 4.78 is 0. The molecule has 0 saturated carbocycles. The van der Waals surface area contributed by atoms with E-state index in [0.29, 0.717) is 5.57 Å². The van der Waals surface area contributed by atoms with Crippen molar-refractivity contribution in [2.24, 2.45) is 11.8 Å². The first-order valence-electron chi connectivity index (χ1n) is 6.04. The molecule has 1 fully saturated rings. The Balaban J connectivity index is 2.44. The van der Waals surface area contributed by atoms with E-state index in [0.717, 1.165) is 10.5 Å². The number of carbonyl (C=O) groups is 2. The van der Waals surface area contributed by atoms with Crippen LogP contribution in [0.4, 0.5) is 0 Å². The molecule has 1 saturated heterocycles. The lowest BCUT2D eigenvalue weighted by Crippen LogP contribution is -2.47. The Morgan fingerprint density at radius 2 is 1.89 bits per heavy atom. The summed E-state index contributed by atoms with van der Waals surface area (Å²) in [6.45, 7) is 1.74. The van der Waals surface area contributed by atoms with Crippen molar-refractivity contribution in [1.29, 1.82) is 5.26 Å². The molecule has 0 bridgehead atoms. The standard InChI is InChI=1S/C15H14N2O2/c1-10-12(8-11-6-4-3-5-7-11)14(18)17(2)15(19)13(10)9-16/h3-8,10,13H,1-2H3/t10-,13-/m0/s1. The van der Waals surface area contributed by atoms with Crippen molar-refractivity contribution in [2.45, 2.75) is 6.92 Å². The van der Waals surface area contributed by atoms with Gasteiger partial charge in [-0.2, -0.15) is 5.26 Å². The van der Waals surface area contributed by atoms with Crippen LogP contribution in [0, 0.1) is 23.2 Å². The van der Waals surface area contributed by atoms with Gasteiger partial charge < -0.3 is 0 Å². The van der Waals surface area contributed by atoms with Crippen LogP contribution in [0.2, 0.25) is 0 Å². The number of rotatable bonds is 1. The Morgan fingerprint density at radius 3 is 2.47 bits per heavy atom. The quantitative estimate of drug-likeness (QED) is 0.567. The third kappa shape index (κ3) is 2.27. The molecule has 1 aromatic rings. The zero-order chi connectivity index (χ0) is 14.0. The average Bonchev–Trinajstić information content (AvgIpc) is 2.43. The number of nitrogens with zero attached hydrogens (tertiary/aromatic N) is 2. The van der Waals surface area contributed by atoms with Gasteiger partial charge in [-0.05, 0) is 11.6 Å². The van der Waals surface area contributed by atoms with Gasteiger partial charge >= 0.3 is 0 Å². The van der Waals surface area contributed by atoms with Crippen molar-refractivity contribution in [3.63, 3.8) is 0 Å². The summed E-state index contributed by atoms with van der Waals surface area (Å²) >= 11 is 0. The predicted molar refractivity (Wildman–Crippen MR) is 70.5 cm³/mol. The number of nitriles is 1. The first-order valence-corrected chi connectivity index (χ1v) is 6.04. The van der Waals surface area contributed by atoms with Crippen LogP contribution in [0.1, 0.15) is 12.5 Å². The number of amides is 2. The zero-order valence-corrected chi connectivity index (χ0v) is 10.8. The van der Waals surface area contributed by atoms with E-state index < -0.39 is 11.8 Å². The molecule has 2 rings (SSSR count). The molecule has 1 aromatic carbocycles. The monoisotopic (exact) mass is 254 g/mol. The fourth-order valence-electron chi connectivity index (χ4n) is 2.18. The van der Waals surface area contributed by atoms with Gasteiger partial charge in [0.05, 0.1) is 6.07 Å². The summed E-state index contributed by atoms with van der Waals surface area (Å²) in [5, 5.41) is 9.08. The fourth-order valence-corrected chi connectivity index (χ4v) is 2.18. The maximum Gasteiger partial charge on any atom is 0.256 e. The number of hydrogen-bond donors (Lipinski definition) is 0. The van der Waals surface area contributed by atoms with Crippen molar-refractivity contribution in [1.82, 2.24) is 4.90 Å². The molecule has 4 nitrogen and oxygen atoms in total. The maximum atomic E-state index is 12.1. The van der Waals surface area contributed by atoms with Gasteiger partial charge in [-0.3, -0.25) is 14.5 Å². The number of imide groups is 1. The highest BCUT2D eigenvalue weighted by atomic mass is 16.2. The number of carbonyl (C=O) groups excluding carboxylic acids is 2. The molecule has 0 unspecified atom stereocenters. The van der Waals surface area contributed by atoms with Gasteiger partial charge in [-0.15, -0.1) is 0 Å². The first-order chi connectivity index (χ1) is 9.06. The van der Waals surface area contributed by atoms with Crippen LogP contribution in [0.15, 0.2) is 35.9 Å². The molecule has 1 aliphatic heterocycles. The van der Waals surface area contributed by atoms with E-state index in [-0.39, 0.29) is 11.8 Å². The van der Waals surface area contributed by atoms with Gasteiger partial charge in [0.2, 0.25) is 5.91 Å². The van der Waals surface area contributed by atoms with Gasteiger partial charge in [0.15, 0.2) is 0 Å². The van der Waals surface area contributed by atoms with E-state index in [9.17, 15) is 9.59 Å². The third-order valence-corrected chi connectivity index (χ3v) is 3.40. The Hall–Kier alpha value is -2.41. The molecule has 1 aliphatic rings. The molecule has 0 aliphatic carbocycles. The third-order valence-electron chi connectivity index (χ3n) is 3.40. The minimum absolute atomic E-state index is 0.326. The van der Waals surface area contributed by atoms with Crippen molar-refractivity contribution >= 4 is 17.9 Å². The first kappa shape index (κ1) is 13.0. The second-order valence-corrected chi connectivity index (χ2v) is 4.61. The van der Waals surface area contributed by atoms with E-state index in [1.54, 1.807) is 13.0 Å². The molecule has 19 heavy (non-hydrogen) atoms. The van der Waals surface area contributed by atoms with Crippen molar-refractivity contribution < 1.29 is 9.59 Å². The average molecular weight is 254 g/mol. The lowest BCUT2D eigenvalue weighted by molar-refractivity contribution is -0.146. The van der Waals surface area contributed by atoms with Crippen LogP contribution in [0.25, 0.3) is 6.08 Å². The number of hydrogen-bond acceptors (Lipinski definition) is 3. The molecule has 0 spiro atoms. The topological polar surface area (TPSA) is 61.2 Å². The van der Waals surface area contributed by atoms with E-state index >= 15 is 0 Å². The largest absolute Gasteiger partial charge is 0.281 e. The summed E-state index contributed by atoms with van der Waals surface area (Å²) in [6, 6.07) is 11.4. The van der Waals surface area contributed by atoms with Gasteiger partial charge in [-0.1, -0.05) is 37.3 Å². The highest BCUT2D eigenvalue weighted by Crippen LogP contribution is 2.30. The van der Waals surface area contributed by atoms with Crippen LogP contribution < -0.4 is 0 Å². The summed E-state index contributed by atoms with van der Waals surface area (Å²) in [5.41, 5.74) is 1.39. The van der Waals surface area contributed by atoms with Crippen molar-refractivity contribution in [3.05, 3.63) is 41.5 Å². The van der Waals surface area contributed by atoms with Gasteiger partial charge in [0, 0.05) is 18.5 Å². The summed E-state index contributed by atoms with van der Waals surface area (Å²) in [4.78, 5) is 25.0. The minimum Gasteiger partial charge on any atom is -0.281 e. The summed E-state index contributed by atoms with van der Waals surface area (Å²) in [5.74, 6) is -1.93. The Morgan fingerprint density at radius 1 is 1.26 bits per heavy atom. The van der Waals surface area contributed by atoms with Gasteiger partial charge in [0.25, 0.3) is 5.91 Å². The highest BCUT2D eigenvalue weighted by molar-refractivity contribution is 6.11. The molecule has 2 amide bonds. The molecule has 4 heteroatoms. The lowest BCUT2D eigenvalue weighted by atomic mass is 9.82. The van der Waals surface area contributed by atoms with Crippen LogP contribution in [-0.2, 0) is 9.59 Å². The molecular formula is C15H14N2O2. The van der Waals surface area contributed by atoms with Crippen LogP contribution >= 0.6 is 0 Å². The number of likely N-dealkylation sites (N-methyl/N-ethyl adjacent to an activating group) is 1. The second-order valence-electron chi connectivity index (χ2n) is 4.61. The predicted octanol–water partition coefficient (Wildman–Crippen LogP) is 1.84. The molecule has 0 aromatic heterocycles. The Bertz CT molecular complexity index is 584. The Labute approximate surface area is 111 Å². The summed E-state index contributed by atoms with van der Waals surface area (Å²) in [7, 11) is 1.42. The van der Waals surface area contributed by atoms with Crippen LogP contribution in [-0.4, -0.2) is 23.8 Å². The minimum atomic E-state index is -0.794. The zero-order valence-electron chi connectivity index (χ0n) is 10.8. The smallest absolute Gasteiger partial charge is 0.256 e. The van der Waals surface area contributed by atoms with E-state index in [2.05, 4.69) is 0 Å². The number of benzene rings is 1. The fraction of sp³-hybridized carbons (Fsp3) is 0.267. The number of likely N-dealkylation sites (tertiary alicyclic amines) is 1. The molecule has 2 atom stereocenters. The second kappa shape index (κ2) is 5.07. The van der Waals surface area contributed by atoms with Crippen LogP contribution in [0.5, 0.6) is 0 Å². The molecular weight excluding hydrogens is 240 g/mol. The molecule has 0 N–H and O–H groups in total. The van der Waals surface area contributed by atoms with Gasteiger partial charge in [-0.25, -0.2) is 0 Å². The highest BCUT2D eigenvalue weighted by Gasteiger charge is 2.40.